The van der Waals surface area contributed by atoms with Crippen LogP contribution in [0, 0.1) is 6.92 Å². The van der Waals surface area contributed by atoms with Gasteiger partial charge in [0, 0.05) is 25.1 Å². The summed E-state index contributed by atoms with van der Waals surface area (Å²) in [6, 6.07) is 0.995. The number of hydrogen-bond acceptors (Lipinski definition) is 2. The number of hydrogen-bond donors (Lipinski definition) is 0. The summed E-state index contributed by atoms with van der Waals surface area (Å²) >= 11 is 0. The molecular weight excluding hydrogens is 245 g/mol. The largest absolute Gasteiger partial charge is 0.435 e. The van der Waals surface area contributed by atoms with Gasteiger partial charge in [-0.3, -0.25) is 0 Å². The number of nitrogens with zero attached hydrogens (tertiary/aromatic N) is 4. The van der Waals surface area contributed by atoms with E-state index >= 15 is 0 Å². The summed E-state index contributed by atoms with van der Waals surface area (Å²) in [5, 5.41) is 3.49. The first-order valence-corrected chi connectivity index (χ1v) is 5.51. The second kappa shape index (κ2) is 5.24. The van der Waals surface area contributed by atoms with Crippen molar-refractivity contribution in [1.29, 1.82) is 0 Å². The second-order valence-electron chi connectivity index (χ2n) is 3.42. The zero-order chi connectivity index (χ0) is 13.9. The lowest BCUT2D eigenvalue weighted by atomic mass is 10.4. The van der Waals surface area contributed by atoms with Gasteiger partial charge in [-0.2, -0.15) is 18.3 Å². The Bertz CT molecular complexity index is 511. The molecule has 0 unspecified atom stereocenters. The highest BCUT2D eigenvalue weighted by Gasteiger charge is 2.34. The number of alkyl halides is 3. The predicted octanol–water partition coefficient (Wildman–Crippen LogP) is 2.96. The molecule has 7 heteroatoms. The lowest BCUT2D eigenvalue weighted by Crippen LogP contribution is -2.10. The normalized spacial score (nSPS) is 11.1. The van der Waals surface area contributed by atoms with Gasteiger partial charge in [0.25, 0.3) is 0 Å². The van der Waals surface area contributed by atoms with E-state index in [9.17, 15) is 13.2 Å². The fourth-order valence-corrected chi connectivity index (χ4v) is 1.38. The highest BCUT2D eigenvalue weighted by atomic mass is 19.4. The van der Waals surface area contributed by atoms with E-state index in [0.717, 1.165) is 6.07 Å². The highest BCUT2D eigenvalue weighted by Crippen LogP contribution is 2.28. The van der Waals surface area contributed by atoms with E-state index in [1.54, 1.807) is 24.7 Å². The Morgan fingerprint density at radius 2 is 1.83 bits per heavy atom. The number of halogens is 3. The first-order chi connectivity index (χ1) is 8.39. The predicted molar refractivity (Wildman–Crippen MR) is 61.4 cm³/mol. The van der Waals surface area contributed by atoms with Gasteiger partial charge < -0.3 is 4.57 Å². The molecule has 0 atom stereocenters. The van der Waals surface area contributed by atoms with Gasteiger partial charge in [0.1, 0.15) is 0 Å². The van der Waals surface area contributed by atoms with Crippen molar-refractivity contribution in [2.75, 3.05) is 0 Å². The third kappa shape index (κ3) is 2.72. The highest BCUT2D eigenvalue weighted by molar-refractivity contribution is 5.21. The second-order valence-corrected chi connectivity index (χ2v) is 3.42. The summed E-state index contributed by atoms with van der Waals surface area (Å²) in [6.45, 7) is 5.55. The van der Waals surface area contributed by atoms with Gasteiger partial charge in [0.15, 0.2) is 5.69 Å². The number of imidazole rings is 1. The molecule has 2 rings (SSSR count). The summed E-state index contributed by atoms with van der Waals surface area (Å²) in [5.41, 5.74) is -0.519. The maximum absolute atomic E-state index is 12.4. The fourth-order valence-electron chi connectivity index (χ4n) is 1.38. The van der Waals surface area contributed by atoms with Crippen molar-refractivity contribution in [3.63, 3.8) is 0 Å². The van der Waals surface area contributed by atoms with Gasteiger partial charge in [-0.05, 0) is 13.0 Å². The Morgan fingerprint density at radius 3 is 2.22 bits per heavy atom. The van der Waals surface area contributed by atoms with E-state index < -0.39 is 11.9 Å². The molecule has 2 heterocycles. The molecule has 0 aliphatic rings. The van der Waals surface area contributed by atoms with Crippen molar-refractivity contribution in [1.82, 2.24) is 19.3 Å². The first kappa shape index (κ1) is 14.3. The van der Waals surface area contributed by atoms with Crippen LogP contribution < -0.4 is 0 Å². The van der Waals surface area contributed by atoms with Crippen LogP contribution in [0.15, 0.2) is 18.5 Å². The quantitative estimate of drug-likeness (QED) is 0.790. The van der Waals surface area contributed by atoms with E-state index in [-0.39, 0.29) is 0 Å². The Kier molecular flexibility index (Phi) is 4.15. The molecule has 0 saturated carbocycles. The molecule has 18 heavy (non-hydrogen) atoms. The Labute approximate surface area is 103 Å². The SMILES string of the molecule is CC.Cc1cc(C(F)(F)F)nn1-c1nccn1C. The van der Waals surface area contributed by atoms with Crippen LogP contribution in [0.3, 0.4) is 0 Å². The van der Waals surface area contributed by atoms with Gasteiger partial charge in [-0.25, -0.2) is 9.67 Å². The van der Waals surface area contributed by atoms with Gasteiger partial charge in [-0.1, -0.05) is 13.8 Å². The molecule has 0 aliphatic heterocycles. The third-order valence-corrected chi connectivity index (χ3v) is 2.16. The number of rotatable bonds is 1. The van der Waals surface area contributed by atoms with E-state index in [1.807, 2.05) is 13.8 Å². The van der Waals surface area contributed by atoms with Crippen LogP contribution in [0.2, 0.25) is 0 Å². The number of aromatic nitrogens is 4. The average molecular weight is 260 g/mol. The van der Waals surface area contributed by atoms with Gasteiger partial charge in [0.2, 0.25) is 5.95 Å². The summed E-state index contributed by atoms with van der Waals surface area (Å²) in [6.07, 6.45) is -1.28. The average Bonchev–Trinajstić information content (AvgIpc) is 2.86. The van der Waals surface area contributed by atoms with Crippen molar-refractivity contribution in [3.05, 3.63) is 29.8 Å². The molecule has 0 saturated heterocycles. The molecule has 0 spiro atoms. The molecule has 0 bridgehead atoms. The zero-order valence-corrected chi connectivity index (χ0v) is 10.7. The fraction of sp³-hybridized carbons (Fsp3) is 0.455. The van der Waals surface area contributed by atoms with Crippen LogP contribution in [-0.2, 0) is 13.2 Å². The topological polar surface area (TPSA) is 35.6 Å². The number of aryl methyl sites for hydroxylation is 2. The van der Waals surface area contributed by atoms with Gasteiger partial charge in [-0.15, -0.1) is 0 Å². The van der Waals surface area contributed by atoms with Crippen LogP contribution in [0.5, 0.6) is 0 Å². The molecule has 0 N–H and O–H groups in total. The minimum Gasteiger partial charge on any atom is -0.319 e. The summed E-state index contributed by atoms with van der Waals surface area (Å²) in [4.78, 5) is 3.94. The maximum atomic E-state index is 12.4. The van der Waals surface area contributed by atoms with E-state index in [0.29, 0.717) is 11.6 Å². The Morgan fingerprint density at radius 1 is 1.22 bits per heavy atom. The Balaban J connectivity index is 0.000000771. The minimum atomic E-state index is -4.43. The van der Waals surface area contributed by atoms with Crippen molar-refractivity contribution in [2.45, 2.75) is 26.9 Å². The zero-order valence-electron chi connectivity index (χ0n) is 10.7. The van der Waals surface area contributed by atoms with Crippen LogP contribution in [0.1, 0.15) is 25.2 Å². The molecule has 0 aromatic carbocycles. The summed E-state index contributed by atoms with van der Waals surface area (Å²) < 4.78 is 40.0. The molecule has 0 amide bonds. The van der Waals surface area contributed by atoms with Gasteiger partial charge >= 0.3 is 6.18 Å². The van der Waals surface area contributed by atoms with E-state index in [2.05, 4.69) is 10.1 Å². The molecular formula is C11H15F3N4. The molecule has 0 aliphatic carbocycles. The van der Waals surface area contributed by atoms with Crippen molar-refractivity contribution in [2.24, 2.45) is 7.05 Å². The van der Waals surface area contributed by atoms with E-state index in [4.69, 9.17) is 0 Å². The first-order valence-electron chi connectivity index (χ1n) is 5.51. The smallest absolute Gasteiger partial charge is 0.319 e. The molecule has 4 nitrogen and oxygen atoms in total. The summed E-state index contributed by atoms with van der Waals surface area (Å²) in [7, 11) is 1.69. The van der Waals surface area contributed by atoms with Crippen molar-refractivity contribution < 1.29 is 13.2 Å². The molecule has 100 valence electrons. The van der Waals surface area contributed by atoms with Crippen molar-refractivity contribution >= 4 is 0 Å². The molecule has 0 radical (unpaired) electrons. The third-order valence-electron chi connectivity index (χ3n) is 2.16. The lowest BCUT2D eigenvalue weighted by Gasteiger charge is -2.03. The van der Waals surface area contributed by atoms with Crippen molar-refractivity contribution in [3.8, 4) is 5.95 Å². The molecule has 2 aromatic heterocycles. The van der Waals surface area contributed by atoms with Crippen LogP contribution in [0.4, 0.5) is 13.2 Å². The van der Waals surface area contributed by atoms with Gasteiger partial charge in [0.05, 0.1) is 0 Å². The molecule has 0 fully saturated rings. The maximum Gasteiger partial charge on any atom is 0.435 e. The monoisotopic (exact) mass is 260 g/mol. The Hall–Kier alpha value is -1.79. The van der Waals surface area contributed by atoms with Crippen LogP contribution >= 0.6 is 0 Å². The molecule has 2 aromatic rings. The standard InChI is InChI=1S/C9H9F3N4.C2H6/c1-6-5-7(9(10,11)12)14-16(6)8-13-3-4-15(8)2;1-2/h3-5H,1-2H3;1-2H3. The minimum absolute atomic E-state index is 0.355. The van der Waals surface area contributed by atoms with Crippen LogP contribution in [-0.4, -0.2) is 19.3 Å². The lowest BCUT2D eigenvalue weighted by molar-refractivity contribution is -0.141. The van der Waals surface area contributed by atoms with Crippen LogP contribution in [0.25, 0.3) is 5.95 Å². The summed E-state index contributed by atoms with van der Waals surface area (Å²) in [5.74, 6) is 0.355. The van der Waals surface area contributed by atoms with E-state index in [1.165, 1.54) is 10.9 Å².